The fourth-order valence-corrected chi connectivity index (χ4v) is 6.10. The van der Waals surface area contributed by atoms with Gasteiger partial charge in [-0.05, 0) is 55.9 Å². The van der Waals surface area contributed by atoms with Gasteiger partial charge in [0.2, 0.25) is 5.91 Å². The van der Waals surface area contributed by atoms with Gasteiger partial charge in [-0.15, -0.1) is 0 Å². The Morgan fingerprint density at radius 3 is 2.65 bits per heavy atom. The van der Waals surface area contributed by atoms with E-state index in [-0.39, 0.29) is 23.4 Å². The first kappa shape index (κ1) is 24.1. The average molecular weight is 511 g/mol. The molecule has 0 N–H and O–H groups in total. The van der Waals surface area contributed by atoms with E-state index < -0.39 is 6.43 Å². The summed E-state index contributed by atoms with van der Waals surface area (Å²) in [6.45, 7) is 4.40. The molecule has 5 heterocycles. The van der Waals surface area contributed by atoms with Crippen molar-refractivity contribution < 1.29 is 18.3 Å². The Labute approximate surface area is 214 Å². The molecule has 1 unspecified atom stereocenters. The maximum atomic E-state index is 14.4. The zero-order valence-corrected chi connectivity index (χ0v) is 21.5. The molecule has 0 bridgehead atoms. The highest BCUT2D eigenvalue weighted by molar-refractivity contribution is 5.83. The molecule has 3 aromatic rings. The van der Waals surface area contributed by atoms with Crippen LogP contribution in [0.3, 0.4) is 0 Å². The second-order valence-corrected chi connectivity index (χ2v) is 10.4. The van der Waals surface area contributed by atoms with Crippen molar-refractivity contribution in [1.29, 1.82) is 0 Å². The molecule has 2 aromatic heterocycles. The summed E-state index contributed by atoms with van der Waals surface area (Å²) in [6, 6.07) is 3.18. The van der Waals surface area contributed by atoms with E-state index in [1.807, 2.05) is 20.0 Å². The molecule has 3 aliphatic rings. The SMILES string of the molecule is CC1C(=O)N(C)Cc2c(N3CCCc4cc(-c5cnn(C)c5)c(C(F)F)cc43)nc(C3CCOCC3)n21. The first-order chi connectivity index (χ1) is 17.8. The van der Waals surface area contributed by atoms with Crippen LogP contribution in [-0.4, -0.2) is 56.9 Å². The lowest BCUT2D eigenvalue weighted by Gasteiger charge is -2.35. The van der Waals surface area contributed by atoms with E-state index in [1.165, 1.54) is 0 Å². The third-order valence-electron chi connectivity index (χ3n) is 7.99. The Balaban J connectivity index is 1.50. The van der Waals surface area contributed by atoms with Crippen LogP contribution in [0.5, 0.6) is 0 Å². The zero-order valence-electron chi connectivity index (χ0n) is 21.5. The Kier molecular flexibility index (Phi) is 6.01. The molecular formula is C27H32F2N6O2. The molecule has 6 rings (SSSR count). The molecule has 1 atom stereocenters. The zero-order chi connectivity index (χ0) is 25.8. The van der Waals surface area contributed by atoms with Crippen molar-refractivity contribution in [3.8, 4) is 11.1 Å². The van der Waals surface area contributed by atoms with E-state index >= 15 is 0 Å². The molecule has 1 fully saturated rings. The molecule has 1 aromatic carbocycles. The standard InChI is InChI=1S/C27H32F2N6O2/c1-16-27(36)32(2)15-23-26(31-25(35(16)23)17-6-9-37-10-7-17)34-8-4-5-18-11-20(19-13-30-33(3)14-19)21(24(28)29)12-22(18)34/h11-14,16-17,24H,4-10,15H2,1-3H3. The van der Waals surface area contributed by atoms with Gasteiger partial charge in [-0.25, -0.2) is 13.8 Å². The Bertz CT molecular complexity index is 1340. The lowest BCUT2D eigenvalue weighted by atomic mass is 9.93. The molecule has 0 saturated carbocycles. The van der Waals surface area contributed by atoms with Gasteiger partial charge in [0.15, 0.2) is 5.82 Å². The van der Waals surface area contributed by atoms with Gasteiger partial charge < -0.3 is 19.1 Å². The highest BCUT2D eigenvalue weighted by atomic mass is 19.3. The molecule has 8 nitrogen and oxygen atoms in total. The van der Waals surface area contributed by atoms with Crippen molar-refractivity contribution in [3.63, 3.8) is 0 Å². The number of nitrogens with zero attached hydrogens (tertiary/aromatic N) is 6. The number of ether oxygens (including phenoxy) is 1. The predicted octanol–water partition coefficient (Wildman–Crippen LogP) is 4.73. The van der Waals surface area contributed by atoms with Gasteiger partial charge in [-0.1, -0.05) is 0 Å². The number of imidazole rings is 1. The lowest BCUT2D eigenvalue weighted by Crippen LogP contribution is -2.40. The van der Waals surface area contributed by atoms with Gasteiger partial charge >= 0.3 is 0 Å². The van der Waals surface area contributed by atoms with Crippen LogP contribution < -0.4 is 4.90 Å². The average Bonchev–Trinajstić information content (AvgIpc) is 3.50. The molecule has 1 saturated heterocycles. The van der Waals surface area contributed by atoms with Crippen molar-refractivity contribution in [2.75, 3.05) is 31.7 Å². The molecule has 0 aliphatic carbocycles. The van der Waals surface area contributed by atoms with Gasteiger partial charge in [0.1, 0.15) is 11.9 Å². The number of hydrogen-bond acceptors (Lipinski definition) is 5. The van der Waals surface area contributed by atoms with E-state index in [2.05, 4.69) is 14.6 Å². The highest BCUT2D eigenvalue weighted by Crippen LogP contribution is 2.44. The van der Waals surface area contributed by atoms with Crippen LogP contribution in [0.1, 0.15) is 67.2 Å². The number of carbonyl (C=O) groups is 1. The van der Waals surface area contributed by atoms with E-state index in [0.717, 1.165) is 54.3 Å². The fourth-order valence-electron chi connectivity index (χ4n) is 6.10. The van der Waals surface area contributed by atoms with Crippen LogP contribution in [0, 0.1) is 0 Å². The third-order valence-corrected chi connectivity index (χ3v) is 7.99. The summed E-state index contributed by atoms with van der Waals surface area (Å²) >= 11 is 0. The van der Waals surface area contributed by atoms with Crippen molar-refractivity contribution in [2.45, 2.75) is 57.5 Å². The van der Waals surface area contributed by atoms with E-state index in [4.69, 9.17) is 9.72 Å². The van der Waals surface area contributed by atoms with Gasteiger partial charge in [-0.3, -0.25) is 9.48 Å². The van der Waals surface area contributed by atoms with Crippen LogP contribution in [0.2, 0.25) is 0 Å². The largest absolute Gasteiger partial charge is 0.381 e. The number of aryl methyl sites for hydroxylation is 2. The number of alkyl halides is 2. The Morgan fingerprint density at radius 2 is 1.95 bits per heavy atom. The summed E-state index contributed by atoms with van der Waals surface area (Å²) in [6.07, 6.45) is 4.18. The van der Waals surface area contributed by atoms with E-state index in [0.29, 0.717) is 37.4 Å². The summed E-state index contributed by atoms with van der Waals surface area (Å²) in [5, 5.41) is 4.19. The van der Waals surface area contributed by atoms with Crippen LogP contribution in [0.15, 0.2) is 24.5 Å². The number of hydrogen-bond donors (Lipinski definition) is 0. The number of rotatable bonds is 4. The van der Waals surface area contributed by atoms with Crippen LogP contribution in [-0.2, 0) is 29.5 Å². The summed E-state index contributed by atoms with van der Waals surface area (Å²) in [5.74, 6) is 1.96. The number of amides is 1. The number of likely N-dealkylation sites (N-methyl/N-ethyl adjacent to an activating group) is 1. The molecule has 37 heavy (non-hydrogen) atoms. The molecule has 0 spiro atoms. The van der Waals surface area contributed by atoms with Gasteiger partial charge in [0.05, 0.1) is 18.4 Å². The number of benzene rings is 1. The van der Waals surface area contributed by atoms with Gasteiger partial charge in [0.25, 0.3) is 6.43 Å². The van der Waals surface area contributed by atoms with Crippen molar-refractivity contribution in [1.82, 2.24) is 24.2 Å². The number of aromatic nitrogens is 4. The maximum Gasteiger partial charge on any atom is 0.264 e. The first-order valence-corrected chi connectivity index (χ1v) is 13.0. The highest BCUT2D eigenvalue weighted by Gasteiger charge is 2.38. The third kappa shape index (κ3) is 4.02. The molecular weight excluding hydrogens is 478 g/mol. The van der Waals surface area contributed by atoms with Crippen molar-refractivity contribution >= 4 is 17.4 Å². The smallest absolute Gasteiger partial charge is 0.264 e. The number of halogens is 2. The molecule has 3 aliphatic heterocycles. The molecule has 1 amide bonds. The minimum Gasteiger partial charge on any atom is -0.381 e. The lowest BCUT2D eigenvalue weighted by molar-refractivity contribution is -0.135. The van der Waals surface area contributed by atoms with E-state index in [9.17, 15) is 13.6 Å². The topological polar surface area (TPSA) is 68.4 Å². The summed E-state index contributed by atoms with van der Waals surface area (Å²) in [7, 11) is 3.60. The summed E-state index contributed by atoms with van der Waals surface area (Å²) in [5.41, 5.74) is 3.99. The monoisotopic (exact) mass is 510 g/mol. The number of carbonyl (C=O) groups excluding carboxylic acids is 1. The predicted molar refractivity (Wildman–Crippen MR) is 135 cm³/mol. The first-order valence-electron chi connectivity index (χ1n) is 13.0. The fraction of sp³-hybridized carbons (Fsp3) is 0.519. The maximum absolute atomic E-state index is 14.4. The molecule has 0 radical (unpaired) electrons. The summed E-state index contributed by atoms with van der Waals surface area (Å²) < 4.78 is 38.1. The number of fused-ring (bicyclic) bond motifs is 2. The Morgan fingerprint density at radius 1 is 1.16 bits per heavy atom. The van der Waals surface area contributed by atoms with Gasteiger partial charge in [-0.2, -0.15) is 5.10 Å². The normalized spacial score (nSPS) is 20.5. The van der Waals surface area contributed by atoms with Crippen molar-refractivity contribution in [2.24, 2.45) is 7.05 Å². The second-order valence-electron chi connectivity index (χ2n) is 10.4. The van der Waals surface area contributed by atoms with Gasteiger partial charge in [0, 0.05) is 62.8 Å². The minimum absolute atomic E-state index is 0.00274. The summed E-state index contributed by atoms with van der Waals surface area (Å²) in [4.78, 5) is 22.0. The van der Waals surface area contributed by atoms with E-state index in [1.54, 1.807) is 35.1 Å². The quantitative estimate of drug-likeness (QED) is 0.508. The molecule has 10 heteroatoms. The van der Waals surface area contributed by atoms with Crippen LogP contribution in [0.25, 0.3) is 11.1 Å². The number of anilines is 2. The second kappa shape index (κ2) is 9.24. The van der Waals surface area contributed by atoms with Crippen molar-refractivity contribution in [3.05, 3.63) is 47.2 Å². The minimum atomic E-state index is -2.62. The Hall–Kier alpha value is -3.27. The molecule has 196 valence electrons. The van der Waals surface area contributed by atoms with Crippen LogP contribution >= 0.6 is 0 Å². The van der Waals surface area contributed by atoms with Crippen LogP contribution in [0.4, 0.5) is 20.3 Å².